The standard InChI is InChI=1S/C16H14FNS/c1-10-8-11(6-7-14(10)17)16(18)13-9-19-15-5-3-2-4-12(13)15/h2-9,16H,18H2,1H3. The minimum Gasteiger partial charge on any atom is -0.320 e. The Hall–Kier alpha value is -1.71. The Morgan fingerprint density at radius 1 is 1.16 bits per heavy atom. The third-order valence-electron chi connectivity index (χ3n) is 3.39. The summed E-state index contributed by atoms with van der Waals surface area (Å²) in [6.07, 6.45) is 0. The molecule has 0 aliphatic rings. The van der Waals surface area contributed by atoms with E-state index in [1.807, 2.05) is 18.2 Å². The molecule has 0 amide bonds. The molecule has 0 saturated heterocycles. The van der Waals surface area contributed by atoms with Crippen molar-refractivity contribution in [3.05, 3.63) is 70.4 Å². The summed E-state index contributed by atoms with van der Waals surface area (Å²) < 4.78 is 14.5. The van der Waals surface area contributed by atoms with Crippen LogP contribution >= 0.6 is 11.3 Å². The van der Waals surface area contributed by atoms with Gasteiger partial charge >= 0.3 is 0 Å². The predicted octanol–water partition coefficient (Wildman–Crippen LogP) is 4.40. The van der Waals surface area contributed by atoms with Crippen molar-refractivity contribution >= 4 is 21.4 Å². The fraction of sp³-hybridized carbons (Fsp3) is 0.125. The highest BCUT2D eigenvalue weighted by Crippen LogP contribution is 2.32. The third kappa shape index (κ3) is 2.15. The molecule has 0 fully saturated rings. The summed E-state index contributed by atoms with van der Waals surface area (Å²) in [6.45, 7) is 1.76. The Balaban J connectivity index is 2.08. The maximum absolute atomic E-state index is 13.3. The Morgan fingerprint density at radius 2 is 1.95 bits per heavy atom. The van der Waals surface area contributed by atoms with E-state index < -0.39 is 0 Å². The molecule has 1 aromatic heterocycles. The van der Waals surface area contributed by atoms with Crippen molar-refractivity contribution < 1.29 is 4.39 Å². The molecule has 2 aromatic carbocycles. The largest absolute Gasteiger partial charge is 0.320 e. The summed E-state index contributed by atoms with van der Waals surface area (Å²) >= 11 is 1.69. The molecule has 0 aliphatic heterocycles. The van der Waals surface area contributed by atoms with Gasteiger partial charge in [-0.15, -0.1) is 11.3 Å². The number of hydrogen-bond donors (Lipinski definition) is 1. The topological polar surface area (TPSA) is 26.0 Å². The van der Waals surface area contributed by atoms with E-state index in [-0.39, 0.29) is 11.9 Å². The van der Waals surface area contributed by atoms with Crippen molar-refractivity contribution in [2.75, 3.05) is 0 Å². The minimum atomic E-state index is -0.213. The van der Waals surface area contributed by atoms with Crippen molar-refractivity contribution in [2.24, 2.45) is 5.73 Å². The quantitative estimate of drug-likeness (QED) is 0.734. The first-order valence-corrected chi connectivity index (χ1v) is 7.02. The lowest BCUT2D eigenvalue weighted by Crippen LogP contribution is -2.11. The number of fused-ring (bicyclic) bond motifs is 1. The van der Waals surface area contributed by atoms with Gasteiger partial charge in [0, 0.05) is 4.70 Å². The summed E-state index contributed by atoms with van der Waals surface area (Å²) in [5.41, 5.74) is 9.01. The average Bonchev–Trinajstić information content (AvgIpc) is 2.85. The number of nitrogens with two attached hydrogens (primary N) is 1. The maximum Gasteiger partial charge on any atom is 0.126 e. The average molecular weight is 271 g/mol. The van der Waals surface area contributed by atoms with Crippen molar-refractivity contribution in [1.29, 1.82) is 0 Å². The summed E-state index contributed by atoms with van der Waals surface area (Å²) in [5, 5.41) is 3.27. The monoisotopic (exact) mass is 271 g/mol. The lowest BCUT2D eigenvalue weighted by Gasteiger charge is -2.12. The fourth-order valence-electron chi connectivity index (χ4n) is 2.28. The van der Waals surface area contributed by atoms with E-state index in [0.717, 1.165) is 11.1 Å². The van der Waals surface area contributed by atoms with Gasteiger partial charge in [-0.25, -0.2) is 4.39 Å². The molecule has 2 N–H and O–H groups in total. The van der Waals surface area contributed by atoms with Gasteiger partial charge in [-0.05, 0) is 46.5 Å². The van der Waals surface area contributed by atoms with Crippen molar-refractivity contribution in [3.63, 3.8) is 0 Å². The van der Waals surface area contributed by atoms with Gasteiger partial charge in [0.15, 0.2) is 0 Å². The van der Waals surface area contributed by atoms with E-state index in [1.165, 1.54) is 16.2 Å². The zero-order valence-electron chi connectivity index (χ0n) is 10.6. The number of hydrogen-bond acceptors (Lipinski definition) is 2. The van der Waals surface area contributed by atoms with Crippen LogP contribution in [0.1, 0.15) is 22.7 Å². The lowest BCUT2D eigenvalue weighted by molar-refractivity contribution is 0.617. The highest BCUT2D eigenvalue weighted by molar-refractivity contribution is 7.17. The van der Waals surface area contributed by atoms with Crippen LogP contribution in [0.15, 0.2) is 47.8 Å². The van der Waals surface area contributed by atoms with Gasteiger partial charge in [0.25, 0.3) is 0 Å². The first-order valence-electron chi connectivity index (χ1n) is 6.14. The number of halogens is 1. The van der Waals surface area contributed by atoms with Crippen LogP contribution in [0.4, 0.5) is 4.39 Å². The number of benzene rings is 2. The molecule has 19 heavy (non-hydrogen) atoms. The van der Waals surface area contributed by atoms with Gasteiger partial charge in [-0.1, -0.05) is 30.3 Å². The molecule has 0 radical (unpaired) electrons. The van der Waals surface area contributed by atoms with E-state index in [4.69, 9.17) is 5.73 Å². The van der Waals surface area contributed by atoms with Crippen LogP contribution in [0.5, 0.6) is 0 Å². The van der Waals surface area contributed by atoms with E-state index in [2.05, 4.69) is 17.5 Å². The van der Waals surface area contributed by atoms with Crippen LogP contribution in [0, 0.1) is 12.7 Å². The highest BCUT2D eigenvalue weighted by Gasteiger charge is 2.14. The summed E-state index contributed by atoms with van der Waals surface area (Å²) in [6, 6.07) is 13.1. The third-order valence-corrected chi connectivity index (χ3v) is 4.37. The Morgan fingerprint density at radius 3 is 2.74 bits per heavy atom. The second kappa shape index (κ2) is 4.76. The second-order valence-electron chi connectivity index (χ2n) is 4.67. The molecule has 96 valence electrons. The highest BCUT2D eigenvalue weighted by atomic mass is 32.1. The molecular weight excluding hydrogens is 257 g/mol. The zero-order valence-corrected chi connectivity index (χ0v) is 11.4. The fourth-order valence-corrected chi connectivity index (χ4v) is 3.28. The molecule has 0 bridgehead atoms. The predicted molar refractivity (Wildman–Crippen MR) is 79.0 cm³/mol. The first-order chi connectivity index (χ1) is 9.16. The molecule has 1 nitrogen and oxygen atoms in total. The van der Waals surface area contributed by atoms with Crippen molar-refractivity contribution in [1.82, 2.24) is 0 Å². The molecule has 3 heteroatoms. The SMILES string of the molecule is Cc1cc(C(N)c2csc3ccccc23)ccc1F. The van der Waals surface area contributed by atoms with Crippen molar-refractivity contribution in [2.45, 2.75) is 13.0 Å². The summed E-state index contributed by atoms with van der Waals surface area (Å²) in [4.78, 5) is 0. The summed E-state index contributed by atoms with van der Waals surface area (Å²) in [7, 11) is 0. The Labute approximate surface area is 115 Å². The van der Waals surface area contributed by atoms with Gasteiger partial charge in [-0.3, -0.25) is 0 Å². The maximum atomic E-state index is 13.3. The Bertz CT molecular complexity index is 732. The molecule has 3 rings (SSSR count). The number of rotatable bonds is 2. The van der Waals surface area contributed by atoms with Crippen LogP contribution in [0.3, 0.4) is 0 Å². The van der Waals surface area contributed by atoms with Crippen LogP contribution in [-0.4, -0.2) is 0 Å². The van der Waals surface area contributed by atoms with E-state index >= 15 is 0 Å². The number of thiophene rings is 1. The summed E-state index contributed by atoms with van der Waals surface area (Å²) in [5.74, 6) is -0.189. The van der Waals surface area contributed by atoms with Crippen LogP contribution in [0.2, 0.25) is 0 Å². The van der Waals surface area contributed by atoms with Crippen LogP contribution in [-0.2, 0) is 0 Å². The Kier molecular flexibility index (Phi) is 3.09. The first kappa shape index (κ1) is 12.3. The molecule has 0 spiro atoms. The molecule has 0 aliphatic carbocycles. The molecule has 1 unspecified atom stereocenters. The van der Waals surface area contributed by atoms with Gasteiger partial charge in [0.05, 0.1) is 6.04 Å². The molecular formula is C16H14FNS. The van der Waals surface area contributed by atoms with Crippen LogP contribution < -0.4 is 5.73 Å². The zero-order chi connectivity index (χ0) is 13.4. The molecule has 1 atom stereocenters. The lowest BCUT2D eigenvalue weighted by atomic mass is 9.97. The van der Waals surface area contributed by atoms with E-state index in [1.54, 1.807) is 24.3 Å². The molecule has 1 heterocycles. The normalized spacial score (nSPS) is 12.8. The smallest absolute Gasteiger partial charge is 0.126 e. The van der Waals surface area contributed by atoms with Gasteiger partial charge < -0.3 is 5.73 Å². The number of aryl methyl sites for hydroxylation is 1. The molecule has 0 saturated carbocycles. The van der Waals surface area contributed by atoms with Gasteiger partial charge in [0.2, 0.25) is 0 Å². The van der Waals surface area contributed by atoms with Crippen molar-refractivity contribution in [3.8, 4) is 0 Å². The molecule has 3 aromatic rings. The van der Waals surface area contributed by atoms with E-state index in [9.17, 15) is 4.39 Å². The minimum absolute atomic E-state index is 0.189. The second-order valence-corrected chi connectivity index (χ2v) is 5.58. The van der Waals surface area contributed by atoms with Gasteiger partial charge in [0.1, 0.15) is 5.82 Å². The van der Waals surface area contributed by atoms with Gasteiger partial charge in [-0.2, -0.15) is 0 Å². The van der Waals surface area contributed by atoms with E-state index in [0.29, 0.717) is 5.56 Å². The van der Waals surface area contributed by atoms with Crippen LogP contribution in [0.25, 0.3) is 10.1 Å².